The van der Waals surface area contributed by atoms with Crippen molar-refractivity contribution in [3.63, 3.8) is 0 Å². The second-order valence-corrected chi connectivity index (χ2v) is 7.35. The minimum atomic E-state index is -4.68. The fourth-order valence-electron chi connectivity index (χ4n) is 3.06. The smallest absolute Gasteiger partial charge is 0.390 e. The van der Waals surface area contributed by atoms with E-state index < -0.39 is 52.5 Å². The van der Waals surface area contributed by atoms with Crippen LogP contribution in [-0.2, 0) is 10.9 Å². The lowest BCUT2D eigenvalue weighted by Crippen LogP contribution is -2.39. The van der Waals surface area contributed by atoms with Crippen LogP contribution in [0.4, 0.5) is 23.7 Å². The largest absolute Gasteiger partial charge is 0.417 e. The third-order valence-electron chi connectivity index (χ3n) is 4.65. The zero-order valence-electron chi connectivity index (χ0n) is 16.0. The fourth-order valence-corrected chi connectivity index (χ4v) is 3.28. The van der Waals surface area contributed by atoms with Gasteiger partial charge in [0.15, 0.2) is 0 Å². The Kier molecular flexibility index (Phi) is 6.43. The maximum absolute atomic E-state index is 12.9. The number of carbonyl (C=O) groups is 1. The molecule has 1 saturated heterocycles. The van der Waals surface area contributed by atoms with Crippen molar-refractivity contribution in [2.24, 2.45) is 0 Å². The average Bonchev–Trinajstić information content (AvgIpc) is 3.04. The van der Waals surface area contributed by atoms with Crippen LogP contribution in [-0.4, -0.2) is 39.4 Å². The number of halogens is 4. The molecule has 2 aromatic rings. The summed E-state index contributed by atoms with van der Waals surface area (Å²) < 4.78 is 45.5. The number of aromatic nitrogens is 2. The third-order valence-corrected chi connectivity index (χ3v) is 4.98. The second-order valence-electron chi connectivity index (χ2n) is 6.94. The zero-order chi connectivity index (χ0) is 22.9. The monoisotopic (exact) mass is 462 g/mol. The van der Waals surface area contributed by atoms with E-state index in [2.05, 4.69) is 15.6 Å². The Labute approximate surface area is 177 Å². The van der Waals surface area contributed by atoms with Crippen molar-refractivity contribution in [2.45, 2.75) is 38.0 Å². The molecule has 2 heterocycles. The van der Waals surface area contributed by atoms with E-state index in [1.165, 1.54) is 19.2 Å². The summed E-state index contributed by atoms with van der Waals surface area (Å²) in [5, 5.41) is 14.3. The number of hydrogen-bond donors (Lipinski definition) is 4. The second kappa shape index (κ2) is 8.73. The van der Waals surface area contributed by atoms with E-state index in [0.717, 1.165) is 10.6 Å². The summed E-state index contributed by atoms with van der Waals surface area (Å²) in [6.45, 7) is 1.32. The number of H-pyrrole nitrogens is 1. The molecule has 0 aliphatic carbocycles. The first-order valence-corrected chi connectivity index (χ1v) is 9.40. The molecule has 0 saturated carbocycles. The van der Waals surface area contributed by atoms with Crippen LogP contribution in [0.3, 0.4) is 0 Å². The van der Waals surface area contributed by atoms with Crippen LogP contribution < -0.4 is 21.9 Å². The highest BCUT2D eigenvalue weighted by Crippen LogP contribution is 2.36. The fraction of sp³-hybridized carbons (Fsp3) is 0.389. The predicted molar refractivity (Wildman–Crippen MR) is 104 cm³/mol. The third kappa shape index (κ3) is 5.27. The Balaban J connectivity index is 1.61. The van der Waals surface area contributed by atoms with Gasteiger partial charge in [-0.05, 0) is 25.1 Å². The van der Waals surface area contributed by atoms with Gasteiger partial charge >= 0.3 is 17.9 Å². The number of aliphatic hydroxyl groups is 1. The van der Waals surface area contributed by atoms with E-state index in [9.17, 15) is 32.7 Å². The molecule has 4 N–H and O–H groups in total. The first-order valence-electron chi connectivity index (χ1n) is 9.03. The van der Waals surface area contributed by atoms with Crippen molar-refractivity contribution in [1.29, 1.82) is 0 Å². The van der Waals surface area contributed by atoms with Gasteiger partial charge in [-0.3, -0.25) is 14.3 Å². The van der Waals surface area contributed by atoms with Crippen LogP contribution in [0.15, 0.2) is 34.0 Å². The summed E-state index contributed by atoms with van der Waals surface area (Å²) in [5.41, 5.74) is -2.19. The van der Waals surface area contributed by atoms with E-state index in [-0.39, 0.29) is 24.2 Å². The van der Waals surface area contributed by atoms with Crippen LogP contribution in [0.1, 0.15) is 23.8 Å². The molecule has 3 rings (SSSR count). The minimum Gasteiger partial charge on any atom is -0.390 e. The molecule has 168 valence electrons. The molecule has 1 fully saturated rings. The van der Waals surface area contributed by atoms with E-state index >= 15 is 0 Å². The molecule has 31 heavy (non-hydrogen) atoms. The van der Waals surface area contributed by atoms with Crippen molar-refractivity contribution >= 4 is 23.3 Å². The number of amides is 2. The van der Waals surface area contributed by atoms with Crippen molar-refractivity contribution in [1.82, 2.24) is 14.9 Å². The molecule has 2 amide bonds. The van der Waals surface area contributed by atoms with Gasteiger partial charge in [-0.15, -0.1) is 0 Å². The minimum absolute atomic E-state index is 0.0332. The Morgan fingerprint density at radius 2 is 2.10 bits per heavy atom. The van der Waals surface area contributed by atoms with Crippen molar-refractivity contribution < 1.29 is 27.8 Å². The molecule has 9 nitrogen and oxygen atoms in total. The summed E-state index contributed by atoms with van der Waals surface area (Å²) in [7, 11) is 0. The Bertz CT molecular complexity index is 1100. The number of anilines is 1. The molecule has 0 bridgehead atoms. The highest BCUT2D eigenvalue weighted by molar-refractivity contribution is 6.31. The first kappa shape index (κ1) is 22.8. The molecule has 3 atom stereocenters. The SMILES string of the molecule is Cc1cn([C@H]2C[C@H](O)[C@@H](CNC(=O)Nc3ccc(Cl)c(C(F)(F)F)c3)O2)c(=O)[nH]c1=O. The number of urea groups is 1. The number of carbonyl (C=O) groups excluding carboxylic acids is 1. The summed E-state index contributed by atoms with van der Waals surface area (Å²) in [6.07, 6.45) is -6.12. The van der Waals surface area contributed by atoms with Crippen LogP contribution >= 0.6 is 11.6 Å². The van der Waals surface area contributed by atoms with Gasteiger partial charge in [0.1, 0.15) is 12.3 Å². The van der Waals surface area contributed by atoms with Gasteiger partial charge in [0.2, 0.25) is 0 Å². The van der Waals surface area contributed by atoms with Crippen molar-refractivity contribution in [3.05, 3.63) is 61.4 Å². The molecule has 0 radical (unpaired) electrons. The van der Waals surface area contributed by atoms with Crippen molar-refractivity contribution in [3.8, 4) is 0 Å². The lowest BCUT2D eigenvalue weighted by atomic mass is 10.2. The highest BCUT2D eigenvalue weighted by atomic mass is 35.5. The number of aryl methyl sites for hydroxylation is 1. The average molecular weight is 463 g/mol. The van der Waals surface area contributed by atoms with Crippen LogP contribution in [0.5, 0.6) is 0 Å². The van der Waals surface area contributed by atoms with Crippen molar-refractivity contribution in [2.75, 3.05) is 11.9 Å². The molecule has 1 aliphatic heterocycles. The van der Waals surface area contributed by atoms with E-state index in [4.69, 9.17) is 16.3 Å². The lowest BCUT2D eigenvalue weighted by molar-refractivity contribution is -0.137. The molecular formula is C18H18ClF3N4O5. The molecule has 1 aromatic carbocycles. The van der Waals surface area contributed by atoms with Gasteiger partial charge in [-0.25, -0.2) is 9.59 Å². The quantitative estimate of drug-likeness (QED) is 0.553. The number of aromatic amines is 1. The molecule has 1 aliphatic rings. The standard InChI is InChI=1S/C18H18ClF3N4O5/c1-8-7-26(17(30)25-15(8)28)14-5-12(27)13(31-14)6-23-16(29)24-9-2-3-11(19)10(4-9)18(20,21)22/h2-4,7,12-14,27H,5-6H2,1H3,(H2,23,24,29)(H,25,28,30)/t12-,13+,14+/m0/s1. The van der Waals surface area contributed by atoms with Gasteiger partial charge in [0, 0.05) is 30.4 Å². The number of alkyl halides is 3. The summed E-state index contributed by atoms with van der Waals surface area (Å²) in [6, 6.07) is 2.09. The number of hydrogen-bond acceptors (Lipinski definition) is 5. The molecule has 13 heteroatoms. The summed E-state index contributed by atoms with van der Waals surface area (Å²) in [4.78, 5) is 37.6. The van der Waals surface area contributed by atoms with Crippen LogP contribution in [0.2, 0.25) is 5.02 Å². The van der Waals surface area contributed by atoms with Crippen LogP contribution in [0.25, 0.3) is 0 Å². The van der Waals surface area contributed by atoms with Gasteiger partial charge in [-0.2, -0.15) is 13.2 Å². The molecule has 1 aromatic heterocycles. The topological polar surface area (TPSA) is 125 Å². The number of benzene rings is 1. The Hall–Kier alpha value is -2.83. The van der Waals surface area contributed by atoms with Gasteiger partial charge in [-0.1, -0.05) is 11.6 Å². The number of rotatable bonds is 4. The predicted octanol–water partition coefficient (Wildman–Crippen LogP) is 1.99. The van der Waals surface area contributed by atoms with Crippen LogP contribution in [0, 0.1) is 6.92 Å². The van der Waals surface area contributed by atoms with E-state index in [1.54, 1.807) is 0 Å². The Morgan fingerprint density at radius 1 is 1.39 bits per heavy atom. The van der Waals surface area contributed by atoms with E-state index in [0.29, 0.717) is 6.07 Å². The van der Waals surface area contributed by atoms with E-state index in [1.807, 2.05) is 0 Å². The Morgan fingerprint density at radius 3 is 2.77 bits per heavy atom. The lowest BCUT2D eigenvalue weighted by Gasteiger charge is -2.17. The number of aliphatic hydroxyl groups excluding tert-OH is 1. The number of nitrogens with one attached hydrogen (secondary N) is 3. The highest BCUT2D eigenvalue weighted by Gasteiger charge is 2.36. The molecule has 0 spiro atoms. The maximum atomic E-state index is 12.9. The molecular weight excluding hydrogens is 445 g/mol. The van der Waals surface area contributed by atoms with Gasteiger partial charge < -0.3 is 20.5 Å². The van der Waals surface area contributed by atoms with Gasteiger partial charge in [0.05, 0.1) is 16.7 Å². The normalized spacial score (nSPS) is 21.2. The maximum Gasteiger partial charge on any atom is 0.417 e. The number of nitrogens with zero attached hydrogens (tertiary/aromatic N) is 1. The molecule has 0 unspecified atom stereocenters. The number of ether oxygens (including phenoxy) is 1. The summed E-state index contributed by atoms with van der Waals surface area (Å²) >= 11 is 5.54. The zero-order valence-corrected chi connectivity index (χ0v) is 16.8. The first-order chi connectivity index (χ1) is 14.5. The summed E-state index contributed by atoms with van der Waals surface area (Å²) in [5.74, 6) is 0. The van der Waals surface area contributed by atoms with Gasteiger partial charge in [0.25, 0.3) is 5.56 Å².